The number of hydrogen-bond acceptors (Lipinski definition) is 6. The van der Waals surface area contributed by atoms with Gasteiger partial charge in [0, 0.05) is 19.3 Å². The van der Waals surface area contributed by atoms with Gasteiger partial charge in [0.15, 0.2) is 6.10 Å². The predicted octanol–water partition coefficient (Wildman–Crippen LogP) is 13.4. The molecular weight excluding hydrogens is 624 g/mol. The minimum Gasteiger partial charge on any atom is -0.462 e. The summed E-state index contributed by atoms with van der Waals surface area (Å²) in [4.78, 5) is 37.6. The first-order chi connectivity index (χ1) is 24.3. The van der Waals surface area contributed by atoms with Gasteiger partial charge in [-0.2, -0.15) is 0 Å². The average molecular weight is 709 g/mol. The fraction of sp³-hybridized carbons (Fsp3) is 0.932. The van der Waals surface area contributed by atoms with Crippen LogP contribution in [-0.4, -0.2) is 37.2 Å². The van der Waals surface area contributed by atoms with Crippen molar-refractivity contribution in [2.45, 2.75) is 240 Å². The van der Waals surface area contributed by atoms with E-state index in [1.165, 1.54) is 122 Å². The van der Waals surface area contributed by atoms with Gasteiger partial charge in [0.1, 0.15) is 13.2 Å². The molecule has 0 rings (SSSR count). The molecule has 0 saturated carbocycles. The minimum absolute atomic E-state index is 0.0661. The number of ether oxygens (including phenoxy) is 3. The molecule has 0 N–H and O–H groups in total. The lowest BCUT2D eigenvalue weighted by atomic mass is 10.00. The summed E-state index contributed by atoms with van der Waals surface area (Å²) in [6.45, 7) is 11.3. The number of hydrogen-bond donors (Lipinski definition) is 0. The maximum atomic E-state index is 12.7. The molecule has 6 heteroatoms. The van der Waals surface area contributed by atoms with Crippen molar-refractivity contribution in [3.63, 3.8) is 0 Å². The molecule has 0 aliphatic heterocycles. The smallest absolute Gasteiger partial charge is 0.306 e. The van der Waals surface area contributed by atoms with Crippen molar-refractivity contribution in [1.82, 2.24) is 0 Å². The van der Waals surface area contributed by atoms with E-state index in [1.807, 2.05) is 0 Å². The van der Waals surface area contributed by atoms with E-state index in [1.54, 1.807) is 0 Å². The number of carbonyl (C=O) groups is 3. The number of carbonyl (C=O) groups excluding carboxylic acids is 3. The molecule has 0 radical (unpaired) electrons. The van der Waals surface area contributed by atoms with Crippen molar-refractivity contribution >= 4 is 17.9 Å². The lowest BCUT2D eigenvalue weighted by Crippen LogP contribution is -2.30. The first-order valence-electron chi connectivity index (χ1n) is 21.8. The summed E-state index contributed by atoms with van der Waals surface area (Å²) in [7, 11) is 0. The molecule has 0 aliphatic rings. The first kappa shape index (κ1) is 48.4. The summed E-state index contributed by atoms with van der Waals surface area (Å²) < 4.78 is 16.7. The van der Waals surface area contributed by atoms with Crippen molar-refractivity contribution in [2.24, 2.45) is 11.8 Å². The molecule has 2 atom stereocenters. The molecule has 0 heterocycles. The van der Waals surface area contributed by atoms with Gasteiger partial charge in [-0.15, -0.1) is 0 Å². The van der Waals surface area contributed by atoms with E-state index in [-0.39, 0.29) is 31.1 Å². The van der Waals surface area contributed by atoms with Gasteiger partial charge >= 0.3 is 17.9 Å². The van der Waals surface area contributed by atoms with Crippen LogP contribution in [0.4, 0.5) is 0 Å². The normalized spacial score (nSPS) is 12.6. The topological polar surface area (TPSA) is 78.9 Å². The maximum Gasteiger partial charge on any atom is 0.306 e. The zero-order valence-electron chi connectivity index (χ0n) is 34.0. The van der Waals surface area contributed by atoms with Crippen molar-refractivity contribution in [1.29, 1.82) is 0 Å². The molecule has 6 nitrogen and oxygen atoms in total. The summed E-state index contributed by atoms with van der Waals surface area (Å²) in [5.41, 5.74) is 0. The molecule has 0 aromatic heterocycles. The third-order valence-corrected chi connectivity index (χ3v) is 10.1. The van der Waals surface area contributed by atoms with Crippen molar-refractivity contribution in [3.05, 3.63) is 0 Å². The van der Waals surface area contributed by atoms with Gasteiger partial charge in [-0.05, 0) is 31.1 Å². The lowest BCUT2D eigenvalue weighted by molar-refractivity contribution is -0.167. The van der Waals surface area contributed by atoms with Crippen LogP contribution in [0.1, 0.15) is 234 Å². The van der Waals surface area contributed by atoms with Crippen LogP contribution >= 0.6 is 0 Å². The molecule has 0 fully saturated rings. The largest absolute Gasteiger partial charge is 0.462 e. The molecule has 0 saturated heterocycles. The minimum atomic E-state index is -0.760. The molecule has 0 amide bonds. The average Bonchev–Trinajstić information content (AvgIpc) is 3.09. The van der Waals surface area contributed by atoms with E-state index in [2.05, 4.69) is 34.6 Å². The second kappa shape index (κ2) is 37.2. The molecule has 0 aromatic rings. The SMILES string of the molecule is CCCCCCCCCCCCCC(=O)OC[C@@H](COC(=O)CCCCCCCCC(C)CC)OC(=O)CCCCCCCCCCC(C)C. The van der Waals surface area contributed by atoms with Gasteiger partial charge in [-0.3, -0.25) is 14.4 Å². The second-order valence-electron chi connectivity index (χ2n) is 15.7. The summed E-state index contributed by atoms with van der Waals surface area (Å²) in [5, 5.41) is 0. The Morgan fingerprint density at radius 3 is 1.14 bits per heavy atom. The Labute approximate surface area is 310 Å². The third kappa shape index (κ3) is 36.2. The fourth-order valence-electron chi connectivity index (χ4n) is 6.37. The van der Waals surface area contributed by atoms with Gasteiger partial charge in [-0.1, -0.05) is 195 Å². The highest BCUT2D eigenvalue weighted by Crippen LogP contribution is 2.16. The van der Waals surface area contributed by atoms with E-state index in [9.17, 15) is 14.4 Å². The maximum absolute atomic E-state index is 12.7. The standard InChI is InChI=1S/C44H84O6/c1-6-8-9-10-11-12-13-14-18-24-29-34-42(45)48-37-41(38-49-43(46)35-30-25-21-20-23-28-33-40(5)7-2)50-44(47)36-31-26-19-16-15-17-22-27-32-39(3)4/h39-41H,6-38H2,1-5H3/t40?,41-/m0/s1. The molecule has 0 aromatic carbocycles. The molecule has 0 aliphatic carbocycles. The van der Waals surface area contributed by atoms with Gasteiger partial charge < -0.3 is 14.2 Å². The Morgan fingerprint density at radius 2 is 0.760 bits per heavy atom. The summed E-state index contributed by atoms with van der Waals surface area (Å²) >= 11 is 0. The monoisotopic (exact) mass is 709 g/mol. The Kier molecular flexibility index (Phi) is 36.0. The Bertz CT molecular complexity index is 766. The number of esters is 3. The molecular formula is C44H84O6. The zero-order valence-corrected chi connectivity index (χ0v) is 34.0. The van der Waals surface area contributed by atoms with Crippen molar-refractivity contribution in [2.75, 3.05) is 13.2 Å². The van der Waals surface area contributed by atoms with E-state index >= 15 is 0 Å². The second-order valence-corrected chi connectivity index (χ2v) is 15.7. The highest BCUT2D eigenvalue weighted by molar-refractivity contribution is 5.71. The van der Waals surface area contributed by atoms with E-state index in [0.29, 0.717) is 19.3 Å². The summed E-state index contributed by atoms with van der Waals surface area (Å²) in [6.07, 6.45) is 33.8. The van der Waals surface area contributed by atoms with Crippen LogP contribution in [0.2, 0.25) is 0 Å². The molecule has 50 heavy (non-hydrogen) atoms. The van der Waals surface area contributed by atoms with Crippen LogP contribution in [-0.2, 0) is 28.6 Å². The number of unbranched alkanes of at least 4 members (excludes halogenated alkanes) is 22. The lowest BCUT2D eigenvalue weighted by Gasteiger charge is -2.18. The third-order valence-electron chi connectivity index (χ3n) is 10.1. The van der Waals surface area contributed by atoms with E-state index < -0.39 is 6.10 Å². The van der Waals surface area contributed by atoms with Crippen LogP contribution in [0.15, 0.2) is 0 Å². The fourth-order valence-corrected chi connectivity index (χ4v) is 6.37. The van der Waals surface area contributed by atoms with Crippen molar-refractivity contribution < 1.29 is 28.6 Å². The highest BCUT2D eigenvalue weighted by Gasteiger charge is 2.19. The Balaban J connectivity index is 4.36. The van der Waals surface area contributed by atoms with Crippen LogP contribution in [0.3, 0.4) is 0 Å². The Morgan fingerprint density at radius 1 is 0.420 bits per heavy atom. The van der Waals surface area contributed by atoms with Crippen LogP contribution in [0.5, 0.6) is 0 Å². The Hall–Kier alpha value is -1.59. The predicted molar refractivity (Wildman–Crippen MR) is 210 cm³/mol. The molecule has 0 bridgehead atoms. The van der Waals surface area contributed by atoms with Crippen LogP contribution in [0, 0.1) is 11.8 Å². The number of rotatable bonds is 38. The van der Waals surface area contributed by atoms with E-state index in [0.717, 1.165) is 69.6 Å². The van der Waals surface area contributed by atoms with Gasteiger partial charge in [0.25, 0.3) is 0 Å². The van der Waals surface area contributed by atoms with E-state index in [4.69, 9.17) is 14.2 Å². The highest BCUT2D eigenvalue weighted by atomic mass is 16.6. The summed E-state index contributed by atoms with van der Waals surface area (Å²) in [5.74, 6) is 0.742. The summed E-state index contributed by atoms with van der Waals surface area (Å²) in [6, 6.07) is 0. The van der Waals surface area contributed by atoms with Crippen LogP contribution < -0.4 is 0 Å². The van der Waals surface area contributed by atoms with Gasteiger partial charge in [0.2, 0.25) is 0 Å². The molecule has 0 spiro atoms. The zero-order chi connectivity index (χ0) is 36.9. The first-order valence-corrected chi connectivity index (χ1v) is 21.8. The quantitative estimate of drug-likeness (QED) is 0.0361. The van der Waals surface area contributed by atoms with Gasteiger partial charge in [-0.25, -0.2) is 0 Å². The van der Waals surface area contributed by atoms with Crippen molar-refractivity contribution in [3.8, 4) is 0 Å². The van der Waals surface area contributed by atoms with Crippen LogP contribution in [0.25, 0.3) is 0 Å². The molecule has 1 unspecified atom stereocenters. The molecule has 296 valence electrons. The van der Waals surface area contributed by atoms with Gasteiger partial charge in [0.05, 0.1) is 0 Å².